The molecule has 1 aliphatic rings. The standard InChI is InChI=1S/C13H22N2O/c1-15(2)10-13(12-4-3-9-16-12)7-5-11(14)6-8-13/h3-4,9,11H,5-8,10,14H2,1-2H3. The van der Waals surface area contributed by atoms with Gasteiger partial charge in [0.05, 0.1) is 6.26 Å². The van der Waals surface area contributed by atoms with Crippen molar-refractivity contribution in [1.29, 1.82) is 0 Å². The highest BCUT2D eigenvalue weighted by Crippen LogP contribution is 2.39. The van der Waals surface area contributed by atoms with Gasteiger partial charge in [0, 0.05) is 18.0 Å². The second-order valence-electron chi connectivity index (χ2n) is 5.33. The lowest BCUT2D eigenvalue weighted by Crippen LogP contribution is -2.43. The molecule has 0 aromatic carbocycles. The van der Waals surface area contributed by atoms with Gasteiger partial charge >= 0.3 is 0 Å². The van der Waals surface area contributed by atoms with E-state index in [1.807, 2.05) is 6.07 Å². The highest BCUT2D eigenvalue weighted by molar-refractivity contribution is 5.16. The average molecular weight is 222 g/mol. The predicted molar refractivity (Wildman–Crippen MR) is 65.4 cm³/mol. The number of hydrogen-bond donors (Lipinski definition) is 1. The fraction of sp³-hybridized carbons (Fsp3) is 0.692. The van der Waals surface area contributed by atoms with Crippen LogP contribution in [0.1, 0.15) is 31.4 Å². The summed E-state index contributed by atoms with van der Waals surface area (Å²) in [4.78, 5) is 2.25. The smallest absolute Gasteiger partial charge is 0.111 e. The van der Waals surface area contributed by atoms with E-state index in [9.17, 15) is 0 Å². The molecule has 90 valence electrons. The quantitative estimate of drug-likeness (QED) is 0.850. The SMILES string of the molecule is CN(C)CC1(c2ccco2)CCC(N)CC1. The van der Waals surface area contributed by atoms with Gasteiger partial charge in [0.25, 0.3) is 0 Å². The van der Waals surface area contributed by atoms with E-state index >= 15 is 0 Å². The van der Waals surface area contributed by atoms with E-state index in [1.165, 1.54) is 0 Å². The van der Waals surface area contributed by atoms with Crippen LogP contribution in [0.25, 0.3) is 0 Å². The van der Waals surface area contributed by atoms with Crippen molar-refractivity contribution in [2.75, 3.05) is 20.6 Å². The largest absolute Gasteiger partial charge is 0.469 e. The van der Waals surface area contributed by atoms with Gasteiger partial charge in [-0.1, -0.05) is 0 Å². The lowest BCUT2D eigenvalue weighted by molar-refractivity contribution is 0.176. The molecule has 3 heteroatoms. The maximum atomic E-state index is 6.00. The number of furan rings is 1. The zero-order chi connectivity index (χ0) is 11.6. The predicted octanol–water partition coefficient (Wildman–Crippen LogP) is 1.98. The Morgan fingerprint density at radius 2 is 2.12 bits per heavy atom. The molecule has 0 radical (unpaired) electrons. The molecule has 1 saturated carbocycles. The molecule has 2 rings (SSSR count). The second kappa shape index (κ2) is 4.60. The molecular weight excluding hydrogens is 200 g/mol. The molecule has 1 aliphatic carbocycles. The molecule has 1 aromatic heterocycles. The summed E-state index contributed by atoms with van der Waals surface area (Å²) in [6, 6.07) is 4.48. The Bertz CT molecular complexity index is 311. The summed E-state index contributed by atoms with van der Waals surface area (Å²) in [5.74, 6) is 1.13. The molecule has 3 nitrogen and oxygen atoms in total. The third kappa shape index (κ3) is 2.30. The van der Waals surface area contributed by atoms with E-state index in [1.54, 1.807) is 6.26 Å². The molecule has 0 aliphatic heterocycles. The van der Waals surface area contributed by atoms with Crippen molar-refractivity contribution in [3.05, 3.63) is 24.2 Å². The molecule has 0 bridgehead atoms. The van der Waals surface area contributed by atoms with Gasteiger partial charge in [-0.05, 0) is 51.9 Å². The van der Waals surface area contributed by atoms with Crippen LogP contribution in [0.4, 0.5) is 0 Å². The van der Waals surface area contributed by atoms with Crippen molar-refractivity contribution in [2.45, 2.75) is 37.1 Å². The lowest BCUT2D eigenvalue weighted by atomic mass is 9.70. The lowest BCUT2D eigenvalue weighted by Gasteiger charge is -2.39. The number of likely N-dealkylation sites (N-methyl/N-ethyl adjacent to an activating group) is 1. The normalized spacial score (nSPS) is 30.9. The summed E-state index contributed by atoms with van der Waals surface area (Å²) in [5, 5.41) is 0. The molecule has 1 heterocycles. The van der Waals surface area contributed by atoms with Crippen LogP contribution in [0.15, 0.2) is 22.8 Å². The van der Waals surface area contributed by atoms with Crippen molar-refractivity contribution in [3.63, 3.8) is 0 Å². The molecule has 0 amide bonds. The molecule has 16 heavy (non-hydrogen) atoms. The molecule has 1 aromatic rings. The summed E-state index contributed by atoms with van der Waals surface area (Å²) >= 11 is 0. The summed E-state index contributed by atoms with van der Waals surface area (Å²) in [6.07, 6.45) is 6.27. The minimum Gasteiger partial charge on any atom is -0.469 e. The van der Waals surface area contributed by atoms with E-state index in [0.717, 1.165) is 38.0 Å². The van der Waals surface area contributed by atoms with Crippen molar-refractivity contribution < 1.29 is 4.42 Å². The van der Waals surface area contributed by atoms with Gasteiger partial charge in [0.2, 0.25) is 0 Å². The zero-order valence-corrected chi connectivity index (χ0v) is 10.3. The van der Waals surface area contributed by atoms with Crippen LogP contribution >= 0.6 is 0 Å². The third-order valence-electron chi connectivity index (χ3n) is 3.65. The van der Waals surface area contributed by atoms with Gasteiger partial charge in [-0.3, -0.25) is 0 Å². The first-order chi connectivity index (χ1) is 7.62. The van der Waals surface area contributed by atoms with Crippen molar-refractivity contribution in [1.82, 2.24) is 4.90 Å². The van der Waals surface area contributed by atoms with E-state index in [-0.39, 0.29) is 5.41 Å². The minimum absolute atomic E-state index is 0.183. The van der Waals surface area contributed by atoms with Crippen LogP contribution in [-0.2, 0) is 5.41 Å². The Hall–Kier alpha value is -0.800. The summed E-state index contributed by atoms with van der Waals surface area (Å²) in [7, 11) is 4.25. The average Bonchev–Trinajstić information content (AvgIpc) is 2.75. The maximum absolute atomic E-state index is 6.00. The van der Waals surface area contributed by atoms with Gasteiger partial charge in [-0.25, -0.2) is 0 Å². The second-order valence-corrected chi connectivity index (χ2v) is 5.33. The van der Waals surface area contributed by atoms with Crippen molar-refractivity contribution >= 4 is 0 Å². The highest BCUT2D eigenvalue weighted by Gasteiger charge is 2.38. The number of nitrogens with zero attached hydrogens (tertiary/aromatic N) is 1. The number of hydrogen-bond acceptors (Lipinski definition) is 3. The Kier molecular flexibility index (Phi) is 3.36. The number of nitrogens with two attached hydrogens (primary N) is 1. The van der Waals surface area contributed by atoms with Crippen LogP contribution in [0.3, 0.4) is 0 Å². The summed E-state index contributed by atoms with van der Waals surface area (Å²) < 4.78 is 5.64. The Labute approximate surface area is 97.6 Å². The summed E-state index contributed by atoms with van der Waals surface area (Å²) in [6.45, 7) is 1.05. The third-order valence-corrected chi connectivity index (χ3v) is 3.65. The Morgan fingerprint density at radius 3 is 2.62 bits per heavy atom. The van der Waals surface area contributed by atoms with Crippen LogP contribution in [-0.4, -0.2) is 31.6 Å². The highest BCUT2D eigenvalue weighted by atomic mass is 16.3. The van der Waals surface area contributed by atoms with Crippen molar-refractivity contribution in [2.24, 2.45) is 5.73 Å². The Morgan fingerprint density at radius 1 is 1.44 bits per heavy atom. The van der Waals surface area contributed by atoms with Crippen LogP contribution < -0.4 is 5.73 Å². The molecule has 0 saturated heterocycles. The van der Waals surface area contributed by atoms with Gasteiger partial charge in [-0.2, -0.15) is 0 Å². The monoisotopic (exact) mass is 222 g/mol. The van der Waals surface area contributed by atoms with Crippen LogP contribution in [0, 0.1) is 0 Å². The topological polar surface area (TPSA) is 42.4 Å². The minimum atomic E-state index is 0.183. The Balaban J connectivity index is 2.20. The van der Waals surface area contributed by atoms with Crippen LogP contribution in [0.2, 0.25) is 0 Å². The van der Waals surface area contributed by atoms with Gasteiger partial charge in [0.15, 0.2) is 0 Å². The molecule has 2 N–H and O–H groups in total. The molecule has 0 spiro atoms. The van der Waals surface area contributed by atoms with Crippen molar-refractivity contribution in [3.8, 4) is 0 Å². The fourth-order valence-electron chi connectivity index (χ4n) is 2.86. The first-order valence-corrected chi connectivity index (χ1v) is 6.07. The van der Waals surface area contributed by atoms with Gasteiger partial charge in [0.1, 0.15) is 5.76 Å². The van der Waals surface area contributed by atoms with Crippen LogP contribution in [0.5, 0.6) is 0 Å². The van der Waals surface area contributed by atoms with E-state index in [2.05, 4.69) is 25.1 Å². The van der Waals surface area contributed by atoms with Gasteiger partial charge < -0.3 is 15.1 Å². The van der Waals surface area contributed by atoms with E-state index < -0.39 is 0 Å². The molecule has 0 atom stereocenters. The maximum Gasteiger partial charge on any atom is 0.111 e. The number of rotatable bonds is 3. The first kappa shape index (κ1) is 11.7. The fourth-order valence-corrected chi connectivity index (χ4v) is 2.86. The molecule has 0 unspecified atom stereocenters. The molecular formula is C13H22N2O. The molecule has 1 fully saturated rings. The summed E-state index contributed by atoms with van der Waals surface area (Å²) in [5.41, 5.74) is 6.18. The first-order valence-electron chi connectivity index (χ1n) is 6.07. The van der Waals surface area contributed by atoms with Gasteiger partial charge in [-0.15, -0.1) is 0 Å². The van der Waals surface area contributed by atoms with E-state index in [4.69, 9.17) is 10.2 Å². The zero-order valence-electron chi connectivity index (χ0n) is 10.3. The van der Waals surface area contributed by atoms with E-state index in [0.29, 0.717) is 6.04 Å².